The number of nitrogens with zero attached hydrogens (tertiary/aromatic N) is 1. The number of rotatable bonds is 7. The highest BCUT2D eigenvalue weighted by Crippen LogP contribution is 2.15. The Balaban J connectivity index is 1.57. The summed E-state index contributed by atoms with van der Waals surface area (Å²) in [7, 11) is 1.73. The molecule has 0 aliphatic carbocycles. The van der Waals surface area contributed by atoms with Crippen LogP contribution < -0.4 is 10.6 Å². The largest absolute Gasteiger partial charge is 0.347 e. The van der Waals surface area contributed by atoms with E-state index in [9.17, 15) is 14.4 Å². The number of carbonyl (C=O) groups is 3. The Morgan fingerprint density at radius 2 is 1.70 bits per heavy atom. The summed E-state index contributed by atoms with van der Waals surface area (Å²) in [5.41, 5.74) is 3.03. The molecule has 1 aromatic heterocycles. The van der Waals surface area contributed by atoms with E-state index in [2.05, 4.69) is 10.6 Å². The molecule has 0 fully saturated rings. The maximum absolute atomic E-state index is 12.5. The van der Waals surface area contributed by atoms with E-state index in [1.807, 2.05) is 47.8 Å². The van der Waals surface area contributed by atoms with Crippen molar-refractivity contribution in [3.63, 3.8) is 0 Å². The second-order valence-corrected chi connectivity index (χ2v) is 7.83. The molecular weight excluding hydrogens is 398 g/mol. The summed E-state index contributed by atoms with van der Waals surface area (Å²) < 4.78 is 0. The maximum atomic E-state index is 12.5. The van der Waals surface area contributed by atoms with Crippen molar-refractivity contribution in [3.8, 4) is 0 Å². The summed E-state index contributed by atoms with van der Waals surface area (Å²) in [5, 5.41) is 7.60. The molecule has 0 radical (unpaired) electrons. The normalized spacial score (nSPS) is 10.3. The molecular formula is C23H23N3O3S. The monoisotopic (exact) mass is 421 g/mol. The van der Waals surface area contributed by atoms with Crippen LogP contribution in [-0.4, -0.2) is 29.7 Å². The average Bonchev–Trinajstić information content (AvgIpc) is 3.27. The lowest BCUT2D eigenvalue weighted by atomic mass is 10.1. The number of hydrogen-bond acceptors (Lipinski definition) is 4. The van der Waals surface area contributed by atoms with Gasteiger partial charge in [0.15, 0.2) is 0 Å². The number of carbonyl (C=O) groups excluding carboxylic acids is 3. The molecule has 0 aliphatic rings. The van der Waals surface area contributed by atoms with Crippen molar-refractivity contribution in [2.24, 2.45) is 0 Å². The molecule has 0 unspecified atom stereocenters. The van der Waals surface area contributed by atoms with Gasteiger partial charge in [0.2, 0.25) is 5.91 Å². The van der Waals surface area contributed by atoms with Gasteiger partial charge in [-0.15, -0.1) is 11.3 Å². The van der Waals surface area contributed by atoms with E-state index in [1.165, 1.54) is 18.3 Å². The van der Waals surface area contributed by atoms with Crippen LogP contribution in [0.3, 0.4) is 0 Å². The van der Waals surface area contributed by atoms with Crippen molar-refractivity contribution in [3.05, 3.63) is 87.6 Å². The van der Waals surface area contributed by atoms with Crippen LogP contribution in [-0.2, 0) is 17.9 Å². The molecule has 0 atom stereocenters. The second-order valence-electron chi connectivity index (χ2n) is 6.89. The first-order valence-corrected chi connectivity index (χ1v) is 10.3. The van der Waals surface area contributed by atoms with Gasteiger partial charge in [0, 0.05) is 38.3 Å². The molecule has 0 saturated carbocycles. The summed E-state index contributed by atoms with van der Waals surface area (Å²) in [4.78, 5) is 38.2. The SMILES string of the molecule is CC(=O)N(C)Cc1cccc(NC(=O)c2ccc(CNC(=O)c3cccs3)cc2)c1. The first kappa shape index (κ1) is 21.3. The van der Waals surface area contributed by atoms with Gasteiger partial charge in [0.25, 0.3) is 11.8 Å². The van der Waals surface area contributed by atoms with E-state index in [4.69, 9.17) is 0 Å². The number of benzene rings is 2. The van der Waals surface area contributed by atoms with E-state index in [1.54, 1.807) is 30.1 Å². The third-order valence-corrected chi connectivity index (χ3v) is 5.42. The molecule has 3 amide bonds. The van der Waals surface area contributed by atoms with Crippen LogP contribution in [0.2, 0.25) is 0 Å². The zero-order chi connectivity index (χ0) is 21.5. The minimum Gasteiger partial charge on any atom is -0.347 e. The summed E-state index contributed by atoms with van der Waals surface area (Å²) in [6.45, 7) is 2.39. The van der Waals surface area contributed by atoms with Crippen molar-refractivity contribution in [2.45, 2.75) is 20.0 Å². The highest BCUT2D eigenvalue weighted by Gasteiger charge is 2.09. The van der Waals surface area contributed by atoms with Crippen LogP contribution in [0.5, 0.6) is 0 Å². The Bertz CT molecular complexity index is 1030. The third kappa shape index (κ3) is 5.78. The van der Waals surface area contributed by atoms with Crippen molar-refractivity contribution >= 4 is 34.7 Å². The number of hydrogen-bond donors (Lipinski definition) is 2. The predicted octanol–water partition coefficient (Wildman–Crippen LogP) is 3.91. The minimum atomic E-state index is -0.221. The highest BCUT2D eigenvalue weighted by atomic mass is 32.1. The molecule has 7 heteroatoms. The third-order valence-electron chi connectivity index (χ3n) is 4.56. The van der Waals surface area contributed by atoms with E-state index >= 15 is 0 Å². The first-order chi connectivity index (χ1) is 14.4. The summed E-state index contributed by atoms with van der Waals surface area (Å²) >= 11 is 1.39. The predicted molar refractivity (Wildman–Crippen MR) is 118 cm³/mol. The molecule has 3 aromatic rings. The average molecular weight is 422 g/mol. The number of nitrogens with one attached hydrogen (secondary N) is 2. The fraction of sp³-hybridized carbons (Fsp3) is 0.174. The number of thiophene rings is 1. The molecule has 154 valence electrons. The lowest BCUT2D eigenvalue weighted by molar-refractivity contribution is -0.128. The van der Waals surface area contributed by atoms with Crippen LogP contribution in [0.1, 0.15) is 38.1 Å². The Morgan fingerprint density at radius 1 is 0.933 bits per heavy atom. The highest BCUT2D eigenvalue weighted by molar-refractivity contribution is 7.12. The molecule has 0 saturated heterocycles. The zero-order valence-electron chi connectivity index (χ0n) is 16.8. The molecule has 1 heterocycles. The number of amides is 3. The maximum Gasteiger partial charge on any atom is 0.261 e. The van der Waals surface area contributed by atoms with Crippen LogP contribution in [0, 0.1) is 0 Å². The Labute approximate surface area is 179 Å². The second kappa shape index (κ2) is 9.84. The summed E-state index contributed by atoms with van der Waals surface area (Å²) in [6, 6.07) is 18.1. The lowest BCUT2D eigenvalue weighted by Gasteiger charge is -2.15. The van der Waals surface area contributed by atoms with E-state index < -0.39 is 0 Å². The van der Waals surface area contributed by atoms with Crippen molar-refractivity contribution < 1.29 is 14.4 Å². The summed E-state index contributed by atoms with van der Waals surface area (Å²) in [5.74, 6) is -0.348. The van der Waals surface area contributed by atoms with Gasteiger partial charge < -0.3 is 15.5 Å². The molecule has 0 bridgehead atoms. The Morgan fingerprint density at radius 3 is 2.37 bits per heavy atom. The molecule has 2 N–H and O–H groups in total. The van der Waals surface area contributed by atoms with Gasteiger partial charge in [-0.3, -0.25) is 14.4 Å². The van der Waals surface area contributed by atoms with Gasteiger partial charge in [-0.1, -0.05) is 30.3 Å². The molecule has 2 aromatic carbocycles. The summed E-state index contributed by atoms with van der Waals surface area (Å²) in [6.07, 6.45) is 0. The van der Waals surface area contributed by atoms with E-state index in [0.717, 1.165) is 11.1 Å². The fourth-order valence-corrected chi connectivity index (χ4v) is 3.43. The van der Waals surface area contributed by atoms with Crippen LogP contribution >= 0.6 is 11.3 Å². The Kier molecular flexibility index (Phi) is 6.98. The molecule has 30 heavy (non-hydrogen) atoms. The quantitative estimate of drug-likeness (QED) is 0.607. The van der Waals surface area contributed by atoms with Crippen molar-refractivity contribution in [1.29, 1.82) is 0 Å². The minimum absolute atomic E-state index is 0.0175. The van der Waals surface area contributed by atoms with Crippen molar-refractivity contribution in [2.75, 3.05) is 12.4 Å². The van der Waals surface area contributed by atoms with E-state index in [0.29, 0.717) is 29.2 Å². The van der Waals surface area contributed by atoms with Crippen LogP contribution in [0.25, 0.3) is 0 Å². The smallest absolute Gasteiger partial charge is 0.261 e. The molecule has 3 rings (SSSR count). The topological polar surface area (TPSA) is 78.5 Å². The van der Waals surface area contributed by atoms with Crippen molar-refractivity contribution in [1.82, 2.24) is 10.2 Å². The van der Waals surface area contributed by atoms with Gasteiger partial charge in [-0.05, 0) is 46.8 Å². The van der Waals surface area contributed by atoms with Gasteiger partial charge in [-0.25, -0.2) is 0 Å². The van der Waals surface area contributed by atoms with E-state index in [-0.39, 0.29) is 17.7 Å². The van der Waals surface area contributed by atoms with Gasteiger partial charge in [0.05, 0.1) is 4.88 Å². The molecule has 0 spiro atoms. The van der Waals surface area contributed by atoms with Crippen LogP contribution in [0.4, 0.5) is 5.69 Å². The zero-order valence-corrected chi connectivity index (χ0v) is 17.7. The first-order valence-electron chi connectivity index (χ1n) is 9.45. The number of anilines is 1. The van der Waals surface area contributed by atoms with Gasteiger partial charge in [-0.2, -0.15) is 0 Å². The lowest BCUT2D eigenvalue weighted by Crippen LogP contribution is -2.23. The molecule has 6 nitrogen and oxygen atoms in total. The standard InChI is InChI=1S/C23H23N3O3S/c1-16(27)26(2)15-18-5-3-6-20(13-18)25-22(28)19-10-8-17(9-11-19)14-24-23(29)21-7-4-12-30-21/h3-13H,14-15H2,1-2H3,(H,24,29)(H,25,28). The van der Waals surface area contributed by atoms with Gasteiger partial charge >= 0.3 is 0 Å². The fourth-order valence-electron chi connectivity index (χ4n) is 2.79. The van der Waals surface area contributed by atoms with Gasteiger partial charge in [0.1, 0.15) is 0 Å². The molecule has 0 aliphatic heterocycles. The van der Waals surface area contributed by atoms with Crippen LogP contribution in [0.15, 0.2) is 66.0 Å². The Hall–Kier alpha value is -3.45.